The van der Waals surface area contributed by atoms with Crippen molar-refractivity contribution >= 4 is 34.7 Å². The third-order valence-electron chi connectivity index (χ3n) is 4.93. The van der Waals surface area contributed by atoms with Gasteiger partial charge in [-0.05, 0) is 67.1 Å². The lowest BCUT2D eigenvalue weighted by Crippen LogP contribution is -2.22. The third-order valence-corrected chi connectivity index (χ3v) is 4.93. The Hall–Kier alpha value is -4.66. The number of H-pyrrole nitrogens is 1. The van der Waals surface area contributed by atoms with Gasteiger partial charge in [0.05, 0.1) is 24.0 Å². The number of amides is 2. The van der Waals surface area contributed by atoms with E-state index in [0.29, 0.717) is 23.4 Å². The number of aromatic amines is 1. The van der Waals surface area contributed by atoms with Crippen LogP contribution in [0.2, 0.25) is 0 Å². The molecule has 34 heavy (non-hydrogen) atoms. The molecule has 0 bridgehead atoms. The molecule has 0 spiro atoms. The highest BCUT2D eigenvalue weighted by molar-refractivity contribution is 6.05. The summed E-state index contributed by atoms with van der Waals surface area (Å²) in [6, 6.07) is 18.6. The summed E-state index contributed by atoms with van der Waals surface area (Å²) in [6.45, 7) is 2.21. The first-order valence-electron chi connectivity index (χ1n) is 10.6. The number of imidazole rings is 1. The number of rotatable bonds is 7. The molecule has 9 nitrogen and oxygen atoms in total. The molecule has 0 radical (unpaired) electrons. The second kappa shape index (κ2) is 10.3. The molecule has 4 rings (SSSR count). The quantitative estimate of drug-likeness (QED) is 0.281. The molecule has 172 valence electrons. The van der Waals surface area contributed by atoms with Crippen LogP contribution in [0.15, 0.2) is 73.1 Å². The average molecular weight is 458 g/mol. The summed E-state index contributed by atoms with van der Waals surface area (Å²) < 4.78 is 9.68. The Morgan fingerprint density at radius 3 is 2.38 bits per heavy atom. The van der Waals surface area contributed by atoms with Gasteiger partial charge in [0.15, 0.2) is 0 Å². The van der Waals surface area contributed by atoms with Crippen LogP contribution < -0.4 is 15.4 Å². The monoisotopic (exact) mass is 458 g/mol. The van der Waals surface area contributed by atoms with Crippen molar-refractivity contribution in [2.24, 2.45) is 0 Å². The number of hydrogen-bond acceptors (Lipinski definition) is 6. The van der Waals surface area contributed by atoms with Gasteiger partial charge in [-0.15, -0.1) is 0 Å². The minimum absolute atomic E-state index is 0.217. The van der Waals surface area contributed by atoms with E-state index in [1.165, 1.54) is 12.1 Å². The Balaban J connectivity index is 1.29. The molecule has 0 saturated carbocycles. The average Bonchev–Trinajstić information content (AvgIpc) is 3.32. The fourth-order valence-electron chi connectivity index (χ4n) is 3.19. The second-order valence-electron chi connectivity index (χ2n) is 7.28. The smallest absolute Gasteiger partial charge is 0.434 e. The predicted octanol–water partition coefficient (Wildman–Crippen LogP) is 4.28. The summed E-state index contributed by atoms with van der Waals surface area (Å²) in [5.41, 5.74) is 4.04. The predicted molar refractivity (Wildman–Crippen MR) is 126 cm³/mol. The summed E-state index contributed by atoms with van der Waals surface area (Å²) in [4.78, 5) is 43.4. The molecule has 0 saturated heterocycles. The fourth-order valence-corrected chi connectivity index (χ4v) is 3.19. The van der Waals surface area contributed by atoms with E-state index in [1.54, 1.807) is 55.7 Å². The zero-order valence-electron chi connectivity index (χ0n) is 18.3. The van der Waals surface area contributed by atoms with Crippen molar-refractivity contribution in [1.29, 1.82) is 0 Å². The molecule has 3 aromatic carbocycles. The molecule has 0 unspecified atom stereocenters. The SMILES string of the molecule is CCOC(=O)Oc1ccc(C(=O)NCc2ccc(NC(=O)c3ccc4nc[nH]c4c3)cc2)cc1. The number of benzene rings is 3. The highest BCUT2D eigenvalue weighted by Gasteiger charge is 2.10. The molecule has 4 aromatic rings. The van der Waals surface area contributed by atoms with E-state index in [-0.39, 0.29) is 24.2 Å². The van der Waals surface area contributed by atoms with Crippen molar-refractivity contribution in [2.45, 2.75) is 13.5 Å². The van der Waals surface area contributed by atoms with Crippen LogP contribution in [0.25, 0.3) is 11.0 Å². The largest absolute Gasteiger partial charge is 0.513 e. The molecule has 0 atom stereocenters. The first-order valence-corrected chi connectivity index (χ1v) is 10.6. The minimum atomic E-state index is -0.793. The summed E-state index contributed by atoms with van der Waals surface area (Å²) in [7, 11) is 0. The molecule has 1 aromatic heterocycles. The van der Waals surface area contributed by atoms with Crippen LogP contribution in [0.1, 0.15) is 33.2 Å². The van der Waals surface area contributed by atoms with E-state index in [0.717, 1.165) is 16.6 Å². The Kier molecular flexibility index (Phi) is 6.83. The van der Waals surface area contributed by atoms with E-state index >= 15 is 0 Å². The van der Waals surface area contributed by atoms with Gasteiger partial charge in [0.25, 0.3) is 11.8 Å². The van der Waals surface area contributed by atoms with Crippen molar-refractivity contribution < 1.29 is 23.9 Å². The molecule has 3 N–H and O–H groups in total. The number of aromatic nitrogens is 2. The topological polar surface area (TPSA) is 122 Å². The Morgan fingerprint density at radius 2 is 1.65 bits per heavy atom. The molecular formula is C25H22N4O5. The number of hydrogen-bond donors (Lipinski definition) is 3. The van der Waals surface area contributed by atoms with E-state index in [1.807, 2.05) is 12.1 Å². The summed E-state index contributed by atoms with van der Waals surface area (Å²) in [6.07, 6.45) is 0.790. The summed E-state index contributed by atoms with van der Waals surface area (Å²) >= 11 is 0. The molecule has 0 aliphatic carbocycles. The lowest BCUT2D eigenvalue weighted by atomic mass is 10.1. The van der Waals surface area contributed by atoms with Crippen molar-refractivity contribution in [3.05, 3.63) is 89.7 Å². The van der Waals surface area contributed by atoms with Crippen LogP contribution in [0.3, 0.4) is 0 Å². The van der Waals surface area contributed by atoms with Gasteiger partial charge in [0.2, 0.25) is 0 Å². The highest BCUT2D eigenvalue weighted by Crippen LogP contribution is 2.16. The van der Waals surface area contributed by atoms with Crippen molar-refractivity contribution in [3.8, 4) is 5.75 Å². The summed E-state index contributed by atoms with van der Waals surface area (Å²) in [5, 5.41) is 5.68. The van der Waals surface area contributed by atoms with E-state index in [2.05, 4.69) is 20.6 Å². The van der Waals surface area contributed by atoms with Gasteiger partial charge in [-0.25, -0.2) is 9.78 Å². The van der Waals surface area contributed by atoms with Crippen LogP contribution >= 0.6 is 0 Å². The van der Waals surface area contributed by atoms with Crippen LogP contribution in [-0.4, -0.2) is 34.5 Å². The number of fused-ring (bicyclic) bond motifs is 1. The third kappa shape index (κ3) is 5.57. The maximum atomic E-state index is 12.5. The zero-order chi connectivity index (χ0) is 23.9. The van der Waals surface area contributed by atoms with Gasteiger partial charge < -0.3 is 25.1 Å². The number of anilines is 1. The van der Waals surface area contributed by atoms with E-state index in [9.17, 15) is 14.4 Å². The number of ether oxygens (including phenoxy) is 2. The number of carbonyl (C=O) groups is 3. The van der Waals surface area contributed by atoms with E-state index in [4.69, 9.17) is 9.47 Å². The van der Waals surface area contributed by atoms with Gasteiger partial charge in [0, 0.05) is 23.4 Å². The van der Waals surface area contributed by atoms with Gasteiger partial charge in [0.1, 0.15) is 5.75 Å². The van der Waals surface area contributed by atoms with Gasteiger partial charge >= 0.3 is 6.16 Å². The number of nitrogens with zero attached hydrogens (tertiary/aromatic N) is 1. The van der Waals surface area contributed by atoms with Gasteiger partial charge in [-0.3, -0.25) is 9.59 Å². The lowest BCUT2D eigenvalue weighted by molar-refractivity contribution is 0.0950. The lowest BCUT2D eigenvalue weighted by Gasteiger charge is -2.09. The normalized spacial score (nSPS) is 10.5. The Bertz CT molecular complexity index is 1310. The highest BCUT2D eigenvalue weighted by atomic mass is 16.7. The number of nitrogens with one attached hydrogen (secondary N) is 3. The first kappa shape index (κ1) is 22.5. The molecule has 0 fully saturated rings. The molecule has 9 heteroatoms. The Morgan fingerprint density at radius 1 is 0.912 bits per heavy atom. The fraction of sp³-hybridized carbons (Fsp3) is 0.120. The van der Waals surface area contributed by atoms with Crippen molar-refractivity contribution in [1.82, 2.24) is 15.3 Å². The van der Waals surface area contributed by atoms with E-state index < -0.39 is 6.16 Å². The van der Waals surface area contributed by atoms with Gasteiger partial charge in [-0.2, -0.15) is 0 Å². The summed E-state index contributed by atoms with van der Waals surface area (Å²) in [5.74, 6) is -0.209. The van der Waals surface area contributed by atoms with Crippen molar-refractivity contribution in [3.63, 3.8) is 0 Å². The maximum absolute atomic E-state index is 12.5. The molecule has 0 aliphatic rings. The number of carbonyl (C=O) groups excluding carboxylic acids is 3. The van der Waals surface area contributed by atoms with Crippen molar-refractivity contribution in [2.75, 3.05) is 11.9 Å². The van der Waals surface area contributed by atoms with Gasteiger partial charge in [-0.1, -0.05) is 12.1 Å². The molecular weight excluding hydrogens is 436 g/mol. The standard InChI is InChI=1S/C25H22N4O5/c1-2-33-25(32)34-20-10-5-17(6-11-20)23(30)26-14-16-3-8-19(9-4-16)29-24(31)18-7-12-21-22(13-18)28-15-27-21/h3-13,15H,2,14H2,1H3,(H,26,30)(H,27,28)(H,29,31). The van der Waals surface area contributed by atoms with Crippen LogP contribution in [0, 0.1) is 0 Å². The Labute approximate surface area is 195 Å². The van der Waals surface area contributed by atoms with Crippen LogP contribution in [0.4, 0.5) is 10.5 Å². The minimum Gasteiger partial charge on any atom is -0.434 e. The van der Waals surface area contributed by atoms with Crippen LogP contribution in [-0.2, 0) is 11.3 Å². The first-order chi connectivity index (χ1) is 16.5. The molecule has 1 heterocycles. The second-order valence-corrected chi connectivity index (χ2v) is 7.28. The molecule has 0 aliphatic heterocycles. The maximum Gasteiger partial charge on any atom is 0.513 e. The molecule has 2 amide bonds. The zero-order valence-corrected chi connectivity index (χ0v) is 18.3. The van der Waals surface area contributed by atoms with Crippen LogP contribution in [0.5, 0.6) is 5.75 Å².